The quantitative estimate of drug-likeness (QED) is 0.830. The number of halogens is 1. The van der Waals surface area contributed by atoms with Crippen LogP contribution in [0.2, 0.25) is 0 Å². The standard InChI is InChI=1S/C17H20FNO/c1-3-4-13-5-8-15(9-6-13)19-12(2)16-10-7-14(18)11-17(16)20/h5-12,19-20H,3-4H2,1-2H3. The van der Waals surface area contributed by atoms with Crippen LogP contribution >= 0.6 is 0 Å². The van der Waals surface area contributed by atoms with Gasteiger partial charge in [0.15, 0.2) is 0 Å². The zero-order valence-corrected chi connectivity index (χ0v) is 11.9. The minimum absolute atomic E-state index is 0.0207. The molecule has 0 spiro atoms. The predicted octanol–water partition coefficient (Wildman–Crippen LogP) is 4.66. The molecule has 2 nitrogen and oxygen atoms in total. The first kappa shape index (κ1) is 14.4. The van der Waals surface area contributed by atoms with Crippen molar-refractivity contribution in [2.24, 2.45) is 0 Å². The molecule has 0 bridgehead atoms. The molecule has 0 aliphatic rings. The molecule has 0 aliphatic carbocycles. The van der Waals surface area contributed by atoms with Gasteiger partial charge in [-0.2, -0.15) is 0 Å². The summed E-state index contributed by atoms with van der Waals surface area (Å²) in [6.45, 7) is 4.10. The van der Waals surface area contributed by atoms with Crippen molar-refractivity contribution < 1.29 is 9.50 Å². The highest BCUT2D eigenvalue weighted by Gasteiger charge is 2.10. The van der Waals surface area contributed by atoms with Crippen LogP contribution in [-0.2, 0) is 6.42 Å². The lowest BCUT2D eigenvalue weighted by Crippen LogP contribution is -2.07. The molecule has 106 valence electrons. The second-order valence-corrected chi connectivity index (χ2v) is 5.02. The Hall–Kier alpha value is -2.03. The number of nitrogens with one attached hydrogen (secondary N) is 1. The normalized spacial score (nSPS) is 12.2. The summed E-state index contributed by atoms with van der Waals surface area (Å²) in [5.74, 6) is -0.449. The summed E-state index contributed by atoms with van der Waals surface area (Å²) in [5.41, 5.74) is 2.99. The summed E-state index contributed by atoms with van der Waals surface area (Å²) in [5, 5.41) is 13.1. The Labute approximate surface area is 119 Å². The zero-order chi connectivity index (χ0) is 14.5. The molecular formula is C17H20FNO. The summed E-state index contributed by atoms with van der Waals surface area (Å²) in [6, 6.07) is 12.3. The molecule has 1 atom stereocenters. The first-order valence-corrected chi connectivity index (χ1v) is 6.94. The van der Waals surface area contributed by atoms with Gasteiger partial charge in [0.05, 0.1) is 6.04 Å². The summed E-state index contributed by atoms with van der Waals surface area (Å²) in [4.78, 5) is 0. The van der Waals surface area contributed by atoms with Gasteiger partial charge in [0, 0.05) is 17.3 Å². The van der Waals surface area contributed by atoms with Crippen LogP contribution < -0.4 is 5.32 Å². The Morgan fingerprint density at radius 3 is 2.45 bits per heavy atom. The maximum absolute atomic E-state index is 13.0. The first-order valence-electron chi connectivity index (χ1n) is 6.94. The number of aryl methyl sites for hydroxylation is 1. The Balaban J connectivity index is 2.08. The lowest BCUT2D eigenvalue weighted by Gasteiger charge is -2.17. The number of hydrogen-bond donors (Lipinski definition) is 2. The average molecular weight is 273 g/mol. The van der Waals surface area contributed by atoms with E-state index in [1.807, 2.05) is 19.1 Å². The fourth-order valence-electron chi connectivity index (χ4n) is 2.27. The molecule has 0 heterocycles. The third-order valence-electron chi connectivity index (χ3n) is 3.33. The van der Waals surface area contributed by atoms with Crippen LogP contribution in [0, 0.1) is 5.82 Å². The molecule has 0 saturated carbocycles. The zero-order valence-electron chi connectivity index (χ0n) is 11.9. The van der Waals surface area contributed by atoms with Crippen molar-refractivity contribution in [2.45, 2.75) is 32.7 Å². The minimum Gasteiger partial charge on any atom is -0.507 e. The van der Waals surface area contributed by atoms with Gasteiger partial charge < -0.3 is 10.4 Å². The van der Waals surface area contributed by atoms with E-state index < -0.39 is 5.82 Å². The molecule has 0 amide bonds. The van der Waals surface area contributed by atoms with Gasteiger partial charge in [0.2, 0.25) is 0 Å². The lowest BCUT2D eigenvalue weighted by molar-refractivity contribution is 0.459. The molecule has 0 aliphatic heterocycles. The molecule has 2 rings (SSSR count). The number of benzene rings is 2. The molecular weight excluding hydrogens is 253 g/mol. The summed E-state index contributed by atoms with van der Waals surface area (Å²) in [7, 11) is 0. The van der Waals surface area contributed by atoms with E-state index in [1.165, 1.54) is 11.6 Å². The average Bonchev–Trinajstić information content (AvgIpc) is 2.41. The smallest absolute Gasteiger partial charge is 0.126 e. The summed E-state index contributed by atoms with van der Waals surface area (Å²) >= 11 is 0. The molecule has 0 radical (unpaired) electrons. The lowest BCUT2D eigenvalue weighted by atomic mass is 10.1. The predicted molar refractivity (Wildman–Crippen MR) is 80.5 cm³/mol. The van der Waals surface area contributed by atoms with Crippen molar-refractivity contribution in [2.75, 3.05) is 5.32 Å². The number of rotatable bonds is 5. The minimum atomic E-state index is -0.428. The molecule has 1 unspecified atom stereocenters. The van der Waals surface area contributed by atoms with Crippen LogP contribution in [0.5, 0.6) is 5.75 Å². The van der Waals surface area contributed by atoms with Crippen molar-refractivity contribution in [1.82, 2.24) is 0 Å². The molecule has 20 heavy (non-hydrogen) atoms. The first-order chi connectivity index (χ1) is 9.60. The number of phenolic OH excluding ortho intramolecular Hbond substituents is 1. The van der Waals surface area contributed by atoms with E-state index >= 15 is 0 Å². The number of phenols is 1. The molecule has 2 aromatic carbocycles. The SMILES string of the molecule is CCCc1ccc(NC(C)c2ccc(F)cc2O)cc1. The molecule has 0 aromatic heterocycles. The largest absolute Gasteiger partial charge is 0.507 e. The molecule has 0 fully saturated rings. The van der Waals surface area contributed by atoms with Crippen LogP contribution in [0.1, 0.15) is 37.4 Å². The van der Waals surface area contributed by atoms with Gasteiger partial charge in [-0.25, -0.2) is 4.39 Å². The molecule has 0 saturated heterocycles. The van der Waals surface area contributed by atoms with Crippen molar-refractivity contribution in [1.29, 1.82) is 0 Å². The molecule has 2 N–H and O–H groups in total. The Bertz CT molecular complexity index is 566. The van der Waals surface area contributed by atoms with Gasteiger partial charge in [-0.15, -0.1) is 0 Å². The van der Waals surface area contributed by atoms with Crippen LogP contribution in [0.25, 0.3) is 0 Å². The molecule has 3 heteroatoms. The fraction of sp³-hybridized carbons (Fsp3) is 0.294. The van der Waals surface area contributed by atoms with Gasteiger partial charge in [-0.3, -0.25) is 0 Å². The number of hydrogen-bond acceptors (Lipinski definition) is 2. The van der Waals surface area contributed by atoms with E-state index in [9.17, 15) is 9.50 Å². The second-order valence-electron chi connectivity index (χ2n) is 5.02. The van der Waals surface area contributed by atoms with Crippen molar-refractivity contribution in [3.8, 4) is 5.75 Å². The Kier molecular flexibility index (Phi) is 4.61. The van der Waals surface area contributed by atoms with E-state index in [0.717, 1.165) is 24.6 Å². The van der Waals surface area contributed by atoms with E-state index in [1.54, 1.807) is 6.07 Å². The van der Waals surface area contributed by atoms with Crippen LogP contribution in [0.15, 0.2) is 42.5 Å². The third kappa shape index (κ3) is 3.50. The monoisotopic (exact) mass is 273 g/mol. The van der Waals surface area contributed by atoms with Crippen molar-refractivity contribution >= 4 is 5.69 Å². The van der Waals surface area contributed by atoms with Crippen molar-refractivity contribution in [3.05, 3.63) is 59.4 Å². The van der Waals surface area contributed by atoms with Gasteiger partial charge >= 0.3 is 0 Å². The summed E-state index contributed by atoms with van der Waals surface area (Å²) < 4.78 is 13.0. The third-order valence-corrected chi connectivity index (χ3v) is 3.33. The van der Waals surface area contributed by atoms with E-state index in [2.05, 4.69) is 24.4 Å². The van der Waals surface area contributed by atoms with E-state index in [-0.39, 0.29) is 11.8 Å². The van der Waals surface area contributed by atoms with E-state index in [4.69, 9.17) is 0 Å². The van der Waals surface area contributed by atoms with Crippen molar-refractivity contribution in [3.63, 3.8) is 0 Å². The maximum Gasteiger partial charge on any atom is 0.126 e. The second kappa shape index (κ2) is 6.42. The highest BCUT2D eigenvalue weighted by atomic mass is 19.1. The fourth-order valence-corrected chi connectivity index (χ4v) is 2.27. The number of aromatic hydroxyl groups is 1. The Morgan fingerprint density at radius 2 is 1.85 bits per heavy atom. The number of anilines is 1. The van der Waals surface area contributed by atoms with Gasteiger partial charge in [0.25, 0.3) is 0 Å². The topological polar surface area (TPSA) is 32.3 Å². The maximum atomic E-state index is 13.0. The molecule has 2 aromatic rings. The van der Waals surface area contributed by atoms with E-state index in [0.29, 0.717) is 5.56 Å². The van der Waals surface area contributed by atoms with Gasteiger partial charge in [-0.05, 0) is 37.1 Å². The van der Waals surface area contributed by atoms with Gasteiger partial charge in [-0.1, -0.05) is 31.5 Å². The Morgan fingerprint density at radius 1 is 1.15 bits per heavy atom. The van der Waals surface area contributed by atoms with Crippen LogP contribution in [0.4, 0.5) is 10.1 Å². The van der Waals surface area contributed by atoms with Gasteiger partial charge in [0.1, 0.15) is 11.6 Å². The highest BCUT2D eigenvalue weighted by molar-refractivity contribution is 5.48. The summed E-state index contributed by atoms with van der Waals surface area (Å²) in [6.07, 6.45) is 2.21. The highest BCUT2D eigenvalue weighted by Crippen LogP contribution is 2.27. The van der Waals surface area contributed by atoms with Crippen LogP contribution in [0.3, 0.4) is 0 Å². The van der Waals surface area contributed by atoms with Crippen LogP contribution in [-0.4, -0.2) is 5.11 Å².